The highest BCUT2D eigenvalue weighted by Crippen LogP contribution is 2.14. The van der Waals surface area contributed by atoms with Crippen LogP contribution < -0.4 is 10.9 Å². The number of carbonyl (C=O) groups excluding carboxylic acids is 2. The van der Waals surface area contributed by atoms with Gasteiger partial charge in [0.05, 0.1) is 4.88 Å². The maximum absolute atomic E-state index is 12.7. The minimum atomic E-state index is -0.498. The van der Waals surface area contributed by atoms with Crippen LogP contribution >= 0.6 is 11.3 Å². The van der Waals surface area contributed by atoms with E-state index in [1.807, 2.05) is 13.0 Å². The largest absolute Gasteiger partial charge is 0.279 e. The zero-order valence-electron chi connectivity index (χ0n) is 10.1. The number of benzene rings is 1. The third-order valence-corrected chi connectivity index (χ3v) is 3.36. The van der Waals surface area contributed by atoms with Gasteiger partial charge in [-0.3, -0.25) is 20.4 Å². The zero-order chi connectivity index (χ0) is 13.8. The van der Waals surface area contributed by atoms with Crippen LogP contribution in [-0.2, 0) is 0 Å². The average Bonchev–Trinajstić information content (AvgIpc) is 2.83. The van der Waals surface area contributed by atoms with Gasteiger partial charge in [0.15, 0.2) is 0 Å². The Morgan fingerprint density at radius 2 is 1.63 bits per heavy atom. The van der Waals surface area contributed by atoms with Crippen LogP contribution in [0.1, 0.15) is 24.9 Å². The van der Waals surface area contributed by atoms with Crippen molar-refractivity contribution < 1.29 is 14.0 Å². The lowest BCUT2D eigenvalue weighted by Gasteiger charge is -2.06. The fraction of sp³-hybridized carbons (Fsp3) is 0.0769. The third-order valence-electron chi connectivity index (χ3n) is 2.36. The predicted molar refractivity (Wildman–Crippen MR) is 70.4 cm³/mol. The minimum absolute atomic E-state index is 0.268. The molecule has 1 heterocycles. The molecule has 6 heteroatoms. The van der Waals surface area contributed by atoms with Crippen LogP contribution in [0, 0.1) is 12.7 Å². The number of thiophene rings is 1. The zero-order valence-corrected chi connectivity index (χ0v) is 10.9. The summed E-state index contributed by atoms with van der Waals surface area (Å²) in [5.74, 6) is -1.30. The van der Waals surface area contributed by atoms with E-state index in [0.717, 1.165) is 4.88 Å². The van der Waals surface area contributed by atoms with E-state index in [1.165, 1.54) is 35.6 Å². The first-order valence-corrected chi connectivity index (χ1v) is 6.30. The summed E-state index contributed by atoms with van der Waals surface area (Å²) in [6.45, 7) is 1.89. The molecule has 2 rings (SSSR count). The van der Waals surface area contributed by atoms with Gasteiger partial charge in [0.2, 0.25) is 0 Å². The van der Waals surface area contributed by atoms with Crippen molar-refractivity contribution in [2.45, 2.75) is 6.92 Å². The molecule has 1 aromatic heterocycles. The Balaban J connectivity index is 1.93. The number of hydrogen-bond acceptors (Lipinski definition) is 3. The normalized spacial score (nSPS) is 10.0. The van der Waals surface area contributed by atoms with Crippen LogP contribution in [0.5, 0.6) is 0 Å². The first kappa shape index (κ1) is 13.2. The van der Waals surface area contributed by atoms with Crippen molar-refractivity contribution in [3.8, 4) is 0 Å². The van der Waals surface area contributed by atoms with Crippen LogP contribution in [0.15, 0.2) is 36.4 Å². The number of aryl methyl sites for hydroxylation is 1. The van der Waals surface area contributed by atoms with Gasteiger partial charge in [-0.1, -0.05) is 0 Å². The summed E-state index contributed by atoms with van der Waals surface area (Å²) in [7, 11) is 0. The van der Waals surface area contributed by atoms with E-state index in [2.05, 4.69) is 10.9 Å². The molecule has 19 heavy (non-hydrogen) atoms. The van der Waals surface area contributed by atoms with Crippen molar-refractivity contribution in [3.05, 3.63) is 57.5 Å². The fourth-order valence-corrected chi connectivity index (χ4v) is 2.17. The van der Waals surface area contributed by atoms with Gasteiger partial charge in [-0.15, -0.1) is 11.3 Å². The van der Waals surface area contributed by atoms with Crippen molar-refractivity contribution in [2.75, 3.05) is 0 Å². The number of rotatable bonds is 2. The van der Waals surface area contributed by atoms with E-state index in [1.54, 1.807) is 6.07 Å². The van der Waals surface area contributed by atoms with Gasteiger partial charge >= 0.3 is 0 Å². The van der Waals surface area contributed by atoms with Gasteiger partial charge in [-0.2, -0.15) is 0 Å². The Morgan fingerprint density at radius 1 is 1.00 bits per heavy atom. The second-order valence-corrected chi connectivity index (χ2v) is 5.11. The molecule has 2 aromatic rings. The molecule has 98 valence electrons. The highest BCUT2D eigenvalue weighted by atomic mass is 32.1. The lowest BCUT2D eigenvalue weighted by atomic mass is 10.2. The summed E-state index contributed by atoms with van der Waals surface area (Å²) < 4.78 is 12.7. The van der Waals surface area contributed by atoms with Gasteiger partial charge in [0.1, 0.15) is 5.82 Å². The highest BCUT2D eigenvalue weighted by Gasteiger charge is 2.10. The molecule has 4 nitrogen and oxygen atoms in total. The van der Waals surface area contributed by atoms with E-state index < -0.39 is 11.7 Å². The summed E-state index contributed by atoms with van der Waals surface area (Å²) in [6, 6.07) is 8.54. The Kier molecular flexibility index (Phi) is 3.91. The minimum Gasteiger partial charge on any atom is -0.267 e. The summed E-state index contributed by atoms with van der Waals surface area (Å²) in [5, 5.41) is 0. The molecule has 0 saturated heterocycles. The molecule has 2 amide bonds. The molecule has 0 spiro atoms. The fourth-order valence-electron chi connectivity index (χ4n) is 1.41. The van der Waals surface area contributed by atoms with Gasteiger partial charge in [-0.05, 0) is 43.3 Å². The maximum Gasteiger partial charge on any atom is 0.279 e. The molecule has 0 atom stereocenters. The topological polar surface area (TPSA) is 58.2 Å². The molecule has 2 N–H and O–H groups in total. The highest BCUT2D eigenvalue weighted by molar-refractivity contribution is 7.13. The van der Waals surface area contributed by atoms with Gasteiger partial charge in [-0.25, -0.2) is 4.39 Å². The molecule has 0 aliphatic heterocycles. The first-order valence-electron chi connectivity index (χ1n) is 5.49. The van der Waals surface area contributed by atoms with Crippen LogP contribution in [-0.4, -0.2) is 11.8 Å². The Labute approximate surface area is 113 Å². The van der Waals surface area contributed by atoms with E-state index in [-0.39, 0.29) is 11.5 Å². The summed E-state index contributed by atoms with van der Waals surface area (Å²) in [6.07, 6.45) is 0. The Bertz CT molecular complexity index is 607. The van der Waals surface area contributed by atoms with Crippen molar-refractivity contribution in [1.82, 2.24) is 10.9 Å². The van der Waals surface area contributed by atoms with Crippen molar-refractivity contribution >= 4 is 23.2 Å². The van der Waals surface area contributed by atoms with Crippen LogP contribution in [0.2, 0.25) is 0 Å². The molecule has 0 saturated carbocycles. The summed E-state index contributed by atoms with van der Waals surface area (Å²) in [4.78, 5) is 24.8. The molecule has 0 radical (unpaired) electrons. The van der Waals surface area contributed by atoms with E-state index >= 15 is 0 Å². The van der Waals surface area contributed by atoms with Gasteiger partial charge in [0.25, 0.3) is 11.8 Å². The van der Waals surface area contributed by atoms with Crippen molar-refractivity contribution in [2.24, 2.45) is 0 Å². The van der Waals surface area contributed by atoms with Crippen LogP contribution in [0.25, 0.3) is 0 Å². The van der Waals surface area contributed by atoms with Gasteiger partial charge in [0, 0.05) is 10.4 Å². The molecule has 0 aliphatic carbocycles. The third kappa shape index (κ3) is 3.38. The average molecular weight is 278 g/mol. The van der Waals surface area contributed by atoms with E-state index in [9.17, 15) is 14.0 Å². The molecule has 0 aliphatic rings. The molecular weight excluding hydrogens is 267 g/mol. The lowest BCUT2D eigenvalue weighted by Crippen LogP contribution is -2.41. The Hall–Kier alpha value is -2.21. The number of halogens is 1. The van der Waals surface area contributed by atoms with Crippen LogP contribution in [0.4, 0.5) is 4.39 Å². The lowest BCUT2D eigenvalue weighted by molar-refractivity contribution is 0.0849. The molecule has 0 unspecified atom stereocenters. The Morgan fingerprint density at radius 3 is 2.21 bits per heavy atom. The second-order valence-electron chi connectivity index (χ2n) is 3.83. The molecule has 0 bridgehead atoms. The number of hydrazine groups is 1. The number of nitrogens with one attached hydrogen (secondary N) is 2. The molecular formula is C13H11FN2O2S. The number of hydrogen-bond donors (Lipinski definition) is 2. The van der Waals surface area contributed by atoms with Crippen molar-refractivity contribution in [1.29, 1.82) is 0 Å². The maximum atomic E-state index is 12.7. The summed E-state index contributed by atoms with van der Waals surface area (Å²) in [5.41, 5.74) is 4.84. The van der Waals surface area contributed by atoms with E-state index in [4.69, 9.17) is 0 Å². The molecule has 0 fully saturated rings. The molecule has 1 aromatic carbocycles. The first-order chi connectivity index (χ1) is 9.06. The standard InChI is InChI=1S/C13H11FN2O2S/c1-8-2-7-11(19-8)13(18)16-15-12(17)9-3-5-10(14)6-4-9/h2-7H,1H3,(H,15,17)(H,16,18). The number of amides is 2. The van der Waals surface area contributed by atoms with Gasteiger partial charge < -0.3 is 0 Å². The number of carbonyl (C=O) groups is 2. The van der Waals surface area contributed by atoms with Crippen molar-refractivity contribution in [3.63, 3.8) is 0 Å². The summed E-state index contributed by atoms with van der Waals surface area (Å²) >= 11 is 1.33. The quantitative estimate of drug-likeness (QED) is 0.828. The monoisotopic (exact) mass is 278 g/mol. The predicted octanol–water partition coefficient (Wildman–Crippen LogP) is 2.27. The SMILES string of the molecule is Cc1ccc(C(=O)NNC(=O)c2ccc(F)cc2)s1. The smallest absolute Gasteiger partial charge is 0.267 e. The van der Waals surface area contributed by atoms with E-state index in [0.29, 0.717) is 4.88 Å². The van der Waals surface area contributed by atoms with Crippen LogP contribution in [0.3, 0.4) is 0 Å². The second kappa shape index (κ2) is 5.62.